The van der Waals surface area contributed by atoms with Crippen molar-refractivity contribution in [3.8, 4) is 0 Å². The van der Waals surface area contributed by atoms with Crippen molar-refractivity contribution in [2.45, 2.75) is 75.9 Å². The van der Waals surface area contributed by atoms with Crippen LogP contribution in [0.3, 0.4) is 0 Å². The number of hydrogen-bond acceptors (Lipinski definition) is 4. The van der Waals surface area contributed by atoms with E-state index in [4.69, 9.17) is 18.0 Å². The standard InChI is InChI=1S/C14H28N3PS/c1-9(19)11-12(15)17-13(16-11)10-7-5-3-4-6-8-14(10,2)18/h10-13,16-17H,3-8,15,18H2,1-2H3. The molecule has 2 rings (SSSR count). The Balaban J connectivity index is 2.08. The van der Waals surface area contributed by atoms with Gasteiger partial charge in [0.25, 0.3) is 0 Å². The molecule has 2 fully saturated rings. The van der Waals surface area contributed by atoms with Crippen LogP contribution in [-0.2, 0) is 0 Å². The van der Waals surface area contributed by atoms with Crippen molar-refractivity contribution in [3.63, 3.8) is 0 Å². The molecule has 0 aromatic heterocycles. The lowest BCUT2D eigenvalue weighted by Gasteiger charge is -2.40. The van der Waals surface area contributed by atoms with Crippen molar-refractivity contribution >= 4 is 26.3 Å². The van der Waals surface area contributed by atoms with Crippen molar-refractivity contribution in [3.05, 3.63) is 0 Å². The van der Waals surface area contributed by atoms with Gasteiger partial charge in [0.15, 0.2) is 0 Å². The van der Waals surface area contributed by atoms with Crippen molar-refractivity contribution in [1.29, 1.82) is 0 Å². The molecule has 3 nitrogen and oxygen atoms in total. The zero-order valence-electron chi connectivity index (χ0n) is 12.1. The second kappa shape index (κ2) is 6.44. The number of nitrogens with one attached hydrogen (secondary N) is 2. The van der Waals surface area contributed by atoms with Crippen molar-refractivity contribution in [1.82, 2.24) is 10.6 Å². The summed E-state index contributed by atoms with van der Waals surface area (Å²) in [5.74, 6) is 0.600. The molecular formula is C14H28N3PS. The zero-order valence-corrected chi connectivity index (χ0v) is 14.1. The predicted molar refractivity (Wildman–Crippen MR) is 89.4 cm³/mol. The molecule has 0 bridgehead atoms. The van der Waals surface area contributed by atoms with E-state index in [1.165, 1.54) is 38.5 Å². The summed E-state index contributed by atoms with van der Waals surface area (Å²) in [7, 11) is 3.11. The topological polar surface area (TPSA) is 50.1 Å². The van der Waals surface area contributed by atoms with Gasteiger partial charge in [0, 0.05) is 4.86 Å². The Bertz CT molecular complexity index is 335. The highest BCUT2D eigenvalue weighted by Crippen LogP contribution is 2.40. The van der Waals surface area contributed by atoms with Crippen molar-refractivity contribution in [2.75, 3.05) is 0 Å². The molecule has 1 aliphatic heterocycles. The van der Waals surface area contributed by atoms with Crippen LogP contribution in [0.2, 0.25) is 0 Å². The SMILES string of the molecule is CC(=S)C1NC(C2CCCCCCC2(C)P)NC1N. The second-order valence-electron chi connectivity index (χ2n) is 6.49. The maximum absolute atomic E-state index is 6.17. The number of nitrogens with two attached hydrogens (primary N) is 1. The van der Waals surface area contributed by atoms with Gasteiger partial charge < -0.3 is 5.73 Å². The first kappa shape index (κ1) is 15.8. The van der Waals surface area contributed by atoms with Gasteiger partial charge in [0.2, 0.25) is 0 Å². The first-order valence-corrected chi connectivity index (χ1v) is 8.47. The highest BCUT2D eigenvalue weighted by Gasteiger charge is 2.42. The van der Waals surface area contributed by atoms with Crippen LogP contribution >= 0.6 is 21.5 Å². The maximum atomic E-state index is 6.17. The lowest BCUT2D eigenvalue weighted by atomic mass is 9.80. The van der Waals surface area contributed by atoms with Crippen molar-refractivity contribution < 1.29 is 0 Å². The Morgan fingerprint density at radius 2 is 1.95 bits per heavy atom. The molecule has 19 heavy (non-hydrogen) atoms. The average Bonchev–Trinajstić information content (AvgIpc) is 2.67. The van der Waals surface area contributed by atoms with Gasteiger partial charge in [-0.05, 0) is 30.8 Å². The molecule has 1 aliphatic carbocycles. The molecule has 0 amide bonds. The summed E-state index contributed by atoms with van der Waals surface area (Å²) in [6.45, 7) is 4.36. The van der Waals surface area contributed by atoms with Crippen LogP contribution in [0.15, 0.2) is 0 Å². The second-order valence-corrected chi connectivity index (χ2v) is 8.45. The van der Waals surface area contributed by atoms with E-state index in [0.29, 0.717) is 12.1 Å². The number of rotatable bonds is 2. The number of thiocarbonyl (C=S) groups is 1. The van der Waals surface area contributed by atoms with E-state index in [1.54, 1.807) is 0 Å². The minimum absolute atomic E-state index is 0.0475. The van der Waals surface area contributed by atoms with Crippen LogP contribution in [-0.4, -0.2) is 28.4 Å². The summed E-state index contributed by atoms with van der Waals surface area (Å²) in [5, 5.41) is 7.43. The first-order valence-electron chi connectivity index (χ1n) is 7.49. The lowest BCUT2D eigenvalue weighted by molar-refractivity contribution is 0.235. The molecular weight excluding hydrogens is 273 g/mol. The van der Waals surface area contributed by atoms with Crippen molar-refractivity contribution in [2.24, 2.45) is 11.7 Å². The molecule has 0 aromatic carbocycles. The largest absolute Gasteiger partial charge is 0.314 e. The molecule has 1 saturated heterocycles. The van der Waals surface area contributed by atoms with Crippen LogP contribution in [0.4, 0.5) is 0 Å². The fourth-order valence-electron chi connectivity index (χ4n) is 3.54. The van der Waals surface area contributed by atoms with Crippen LogP contribution in [0, 0.1) is 5.92 Å². The molecule has 6 atom stereocenters. The molecule has 1 heterocycles. The van der Waals surface area contributed by atoms with Gasteiger partial charge in [-0.1, -0.05) is 44.8 Å². The van der Waals surface area contributed by atoms with Gasteiger partial charge in [-0.3, -0.25) is 10.6 Å². The molecule has 6 unspecified atom stereocenters. The smallest absolute Gasteiger partial charge is 0.0765 e. The van der Waals surface area contributed by atoms with E-state index < -0.39 is 0 Å². The summed E-state index contributed by atoms with van der Waals surface area (Å²) < 4.78 is 0. The fraction of sp³-hybridized carbons (Fsp3) is 0.929. The van der Waals surface area contributed by atoms with Crippen LogP contribution in [0.1, 0.15) is 52.4 Å². The summed E-state index contributed by atoms with van der Waals surface area (Å²) >= 11 is 5.30. The summed E-state index contributed by atoms with van der Waals surface area (Å²) in [5.41, 5.74) is 6.17. The van der Waals surface area contributed by atoms with Gasteiger partial charge >= 0.3 is 0 Å². The Labute approximate surface area is 125 Å². The van der Waals surface area contributed by atoms with Crippen LogP contribution < -0.4 is 16.4 Å². The molecule has 5 heteroatoms. The third-order valence-corrected chi connectivity index (χ3v) is 5.73. The van der Waals surface area contributed by atoms with Gasteiger partial charge in [-0.15, -0.1) is 9.24 Å². The molecule has 2 aliphatic rings. The minimum Gasteiger partial charge on any atom is -0.314 e. The molecule has 110 valence electrons. The zero-order chi connectivity index (χ0) is 14.0. The molecule has 4 N–H and O–H groups in total. The average molecular weight is 301 g/mol. The van der Waals surface area contributed by atoms with Gasteiger partial charge in [0.05, 0.1) is 18.4 Å². The van der Waals surface area contributed by atoms with Gasteiger partial charge in [0.1, 0.15) is 0 Å². The van der Waals surface area contributed by atoms with E-state index in [0.717, 1.165) is 4.86 Å². The van der Waals surface area contributed by atoms with Crippen LogP contribution in [0.25, 0.3) is 0 Å². The highest BCUT2D eigenvalue weighted by atomic mass is 32.1. The Morgan fingerprint density at radius 3 is 2.58 bits per heavy atom. The Kier molecular flexibility index (Phi) is 5.35. The monoisotopic (exact) mass is 301 g/mol. The highest BCUT2D eigenvalue weighted by molar-refractivity contribution is 7.80. The van der Waals surface area contributed by atoms with Gasteiger partial charge in [-0.2, -0.15) is 0 Å². The van der Waals surface area contributed by atoms with E-state index >= 15 is 0 Å². The molecule has 0 radical (unpaired) electrons. The summed E-state index contributed by atoms with van der Waals surface area (Å²) in [6, 6.07) is 0.131. The quantitative estimate of drug-likeness (QED) is 0.540. The third kappa shape index (κ3) is 3.74. The fourth-order valence-corrected chi connectivity index (χ4v) is 4.32. The molecule has 0 spiro atoms. The Hall–Kier alpha value is 0.400. The lowest BCUT2D eigenvalue weighted by Crippen LogP contribution is -2.49. The summed E-state index contributed by atoms with van der Waals surface area (Å²) in [4.78, 5) is 0.957. The summed E-state index contributed by atoms with van der Waals surface area (Å²) in [6.07, 6.45) is 8.19. The number of hydrogen-bond donors (Lipinski definition) is 3. The van der Waals surface area contributed by atoms with Gasteiger partial charge in [-0.25, -0.2) is 0 Å². The van der Waals surface area contributed by atoms with E-state index in [9.17, 15) is 0 Å². The first-order chi connectivity index (χ1) is 8.92. The van der Waals surface area contributed by atoms with E-state index in [1.807, 2.05) is 6.92 Å². The minimum atomic E-state index is -0.0475. The molecule has 0 aromatic rings. The normalized spacial score (nSPS) is 44.6. The van der Waals surface area contributed by atoms with Crippen LogP contribution in [0.5, 0.6) is 0 Å². The Morgan fingerprint density at radius 1 is 1.26 bits per heavy atom. The third-order valence-electron chi connectivity index (χ3n) is 4.76. The molecule has 1 saturated carbocycles. The van der Waals surface area contributed by atoms with E-state index in [-0.39, 0.29) is 17.4 Å². The maximum Gasteiger partial charge on any atom is 0.0765 e. The predicted octanol–water partition coefficient (Wildman–Crippen LogP) is 2.15. The van der Waals surface area contributed by atoms with E-state index in [2.05, 4.69) is 26.8 Å².